The lowest BCUT2D eigenvalue weighted by Crippen LogP contribution is -2.10. The molecular weight excluding hydrogens is 781 g/mol. The highest BCUT2D eigenvalue weighted by atomic mass is 16.5. The maximum atomic E-state index is 6.57. The van der Waals surface area contributed by atoms with Gasteiger partial charge in [0.1, 0.15) is 22.7 Å². The van der Waals surface area contributed by atoms with Gasteiger partial charge in [0.2, 0.25) is 0 Å². The molecule has 0 saturated heterocycles. The van der Waals surface area contributed by atoms with Crippen molar-refractivity contribution in [2.75, 3.05) is 4.90 Å². The Hall–Kier alpha value is -8.60. The third-order valence-corrected chi connectivity index (χ3v) is 12.8. The predicted octanol–water partition coefficient (Wildman–Crippen LogP) is 16.9. The molecule has 0 atom stereocenters. The Morgan fingerprint density at radius 1 is 0.328 bits per heavy atom. The Morgan fingerprint density at radius 3 is 1.69 bits per heavy atom. The first-order valence-corrected chi connectivity index (χ1v) is 21.7. The van der Waals surface area contributed by atoms with Crippen molar-refractivity contribution in [2.24, 2.45) is 0 Å². The lowest BCUT2D eigenvalue weighted by Gasteiger charge is -2.27. The SMILES string of the molecule is c1ccc(-n2c3ccccc3c3cc(-c4ccc(N(c5ccc(-c6cccc7c6oc6ccccc67)cc5)c5ccc6c(c5)-c5ccccc5Oc5ccccc5-6)cc4)ccc32)cc1. The predicted molar refractivity (Wildman–Crippen MR) is 265 cm³/mol. The fourth-order valence-electron chi connectivity index (χ4n) is 9.83. The molecule has 0 unspecified atom stereocenters. The normalized spacial score (nSPS) is 11.9. The first-order valence-electron chi connectivity index (χ1n) is 21.7. The van der Waals surface area contributed by atoms with E-state index in [-0.39, 0.29) is 0 Å². The van der Waals surface area contributed by atoms with Crippen molar-refractivity contribution in [1.29, 1.82) is 0 Å². The summed E-state index contributed by atoms with van der Waals surface area (Å²) in [6.45, 7) is 0. The largest absolute Gasteiger partial charge is 0.456 e. The van der Waals surface area contributed by atoms with Gasteiger partial charge in [-0.2, -0.15) is 0 Å². The van der Waals surface area contributed by atoms with Crippen LogP contribution in [-0.2, 0) is 0 Å². The van der Waals surface area contributed by atoms with Crippen LogP contribution in [0.5, 0.6) is 11.5 Å². The van der Waals surface area contributed by atoms with Crippen LogP contribution in [0.4, 0.5) is 17.1 Å². The molecule has 2 aromatic heterocycles. The summed E-state index contributed by atoms with van der Waals surface area (Å²) in [6, 6.07) is 82.1. The maximum Gasteiger partial charge on any atom is 0.143 e. The molecule has 0 N–H and O–H groups in total. The van der Waals surface area contributed by atoms with Crippen molar-refractivity contribution in [1.82, 2.24) is 4.57 Å². The number of aromatic nitrogens is 1. The number of hydrogen-bond donors (Lipinski definition) is 0. The molecule has 300 valence electrons. The zero-order chi connectivity index (χ0) is 42.1. The highest BCUT2D eigenvalue weighted by Crippen LogP contribution is 2.49. The Balaban J connectivity index is 0.942. The van der Waals surface area contributed by atoms with Crippen molar-refractivity contribution < 1.29 is 9.15 Å². The zero-order valence-corrected chi connectivity index (χ0v) is 34.7. The smallest absolute Gasteiger partial charge is 0.143 e. The first-order chi connectivity index (χ1) is 31.7. The second kappa shape index (κ2) is 14.5. The van der Waals surface area contributed by atoms with E-state index in [2.05, 4.69) is 216 Å². The van der Waals surface area contributed by atoms with E-state index in [1.165, 1.54) is 27.4 Å². The molecule has 0 spiro atoms. The van der Waals surface area contributed by atoms with Crippen LogP contribution in [0.25, 0.3) is 93.9 Å². The minimum atomic E-state index is 0.842. The fourth-order valence-corrected chi connectivity index (χ4v) is 9.83. The van der Waals surface area contributed by atoms with Crippen LogP contribution in [-0.4, -0.2) is 4.57 Å². The van der Waals surface area contributed by atoms with Crippen molar-refractivity contribution >= 4 is 60.8 Å². The van der Waals surface area contributed by atoms with E-state index in [1.807, 2.05) is 24.3 Å². The van der Waals surface area contributed by atoms with Gasteiger partial charge in [-0.3, -0.25) is 0 Å². The van der Waals surface area contributed by atoms with Gasteiger partial charge in [0.15, 0.2) is 0 Å². The Kier molecular flexibility index (Phi) is 8.18. The average molecular weight is 819 g/mol. The Morgan fingerprint density at radius 2 is 0.906 bits per heavy atom. The summed E-state index contributed by atoms with van der Waals surface area (Å²) in [5, 5.41) is 4.72. The number of hydrogen-bond acceptors (Lipinski definition) is 3. The van der Waals surface area contributed by atoms with Gasteiger partial charge in [-0.15, -0.1) is 0 Å². The van der Waals surface area contributed by atoms with Crippen LogP contribution in [0.2, 0.25) is 0 Å². The summed E-state index contributed by atoms with van der Waals surface area (Å²) in [5.74, 6) is 1.70. The molecule has 4 nitrogen and oxygen atoms in total. The topological polar surface area (TPSA) is 30.5 Å². The number of nitrogens with zero attached hydrogens (tertiary/aromatic N) is 2. The highest BCUT2D eigenvalue weighted by molar-refractivity contribution is 6.11. The van der Waals surface area contributed by atoms with Gasteiger partial charge in [0, 0.05) is 61.0 Å². The second-order valence-electron chi connectivity index (χ2n) is 16.5. The second-order valence-corrected chi connectivity index (χ2v) is 16.5. The van der Waals surface area contributed by atoms with Gasteiger partial charge in [0.25, 0.3) is 0 Å². The van der Waals surface area contributed by atoms with Gasteiger partial charge in [-0.1, -0.05) is 146 Å². The van der Waals surface area contributed by atoms with Gasteiger partial charge >= 0.3 is 0 Å². The molecule has 1 aliphatic rings. The maximum absolute atomic E-state index is 6.57. The molecule has 13 rings (SSSR count). The summed E-state index contributed by atoms with van der Waals surface area (Å²) in [6.07, 6.45) is 0. The molecule has 12 aromatic rings. The monoisotopic (exact) mass is 818 g/mol. The number of ether oxygens (including phenoxy) is 1. The van der Waals surface area contributed by atoms with E-state index in [4.69, 9.17) is 9.15 Å². The molecule has 1 aliphatic heterocycles. The van der Waals surface area contributed by atoms with Crippen LogP contribution in [0.15, 0.2) is 235 Å². The minimum absolute atomic E-state index is 0.842. The van der Waals surface area contributed by atoms with Crippen LogP contribution >= 0.6 is 0 Å². The molecule has 0 fully saturated rings. The number of rotatable bonds is 6. The van der Waals surface area contributed by atoms with E-state index in [0.29, 0.717) is 0 Å². The van der Waals surface area contributed by atoms with Crippen molar-refractivity contribution in [3.8, 4) is 61.7 Å². The molecule has 0 aliphatic carbocycles. The lowest BCUT2D eigenvalue weighted by atomic mass is 9.93. The molecule has 4 heteroatoms. The summed E-state index contributed by atoms with van der Waals surface area (Å²) in [7, 11) is 0. The van der Waals surface area contributed by atoms with E-state index in [0.717, 1.165) is 95.1 Å². The third kappa shape index (κ3) is 5.77. The summed E-state index contributed by atoms with van der Waals surface area (Å²) in [4.78, 5) is 2.35. The standard InChI is InChI=1S/C60H38N2O2/c1-2-13-42(14-3-1)62-55-21-8-4-15-48(55)54-37-41(29-36-56(54)62)39-25-30-43(31-26-39)61(44-32-27-40(28-33-44)46-19-12-20-52-50-17-6-11-24-59(50)64-60(46)52)45-34-35-47-49-16-5-9-22-57(49)63-58-23-10-7-18-51(58)53(47)38-45/h1-38H. The molecule has 0 radical (unpaired) electrons. The van der Waals surface area contributed by atoms with Crippen molar-refractivity contribution in [2.45, 2.75) is 0 Å². The summed E-state index contributed by atoms with van der Waals surface area (Å²) in [5.41, 5.74) is 17.4. The quantitative estimate of drug-likeness (QED) is 0.167. The Bertz CT molecular complexity index is 3750. The van der Waals surface area contributed by atoms with E-state index >= 15 is 0 Å². The molecular formula is C60H38N2O2. The van der Waals surface area contributed by atoms with Crippen LogP contribution in [0.1, 0.15) is 0 Å². The number of para-hydroxylation sites is 6. The van der Waals surface area contributed by atoms with Gasteiger partial charge < -0.3 is 18.6 Å². The number of anilines is 3. The minimum Gasteiger partial charge on any atom is -0.456 e. The highest BCUT2D eigenvalue weighted by Gasteiger charge is 2.23. The van der Waals surface area contributed by atoms with E-state index in [1.54, 1.807) is 0 Å². The van der Waals surface area contributed by atoms with Crippen LogP contribution in [0.3, 0.4) is 0 Å². The molecule has 0 bridgehead atoms. The molecule has 10 aromatic carbocycles. The van der Waals surface area contributed by atoms with Gasteiger partial charge in [0.05, 0.1) is 11.0 Å². The number of furan rings is 1. The van der Waals surface area contributed by atoms with Crippen molar-refractivity contribution in [3.05, 3.63) is 231 Å². The zero-order valence-electron chi connectivity index (χ0n) is 34.7. The van der Waals surface area contributed by atoms with Gasteiger partial charge in [-0.25, -0.2) is 0 Å². The van der Waals surface area contributed by atoms with Crippen molar-refractivity contribution in [3.63, 3.8) is 0 Å². The Labute approximate surface area is 370 Å². The number of fused-ring (bicyclic) bond motifs is 11. The molecule has 0 amide bonds. The summed E-state index contributed by atoms with van der Waals surface area (Å²) < 4.78 is 15.4. The molecule has 0 saturated carbocycles. The third-order valence-electron chi connectivity index (χ3n) is 12.8. The first kappa shape index (κ1) is 36.1. The van der Waals surface area contributed by atoms with Crippen LogP contribution < -0.4 is 9.64 Å². The number of benzene rings is 10. The van der Waals surface area contributed by atoms with Gasteiger partial charge in [-0.05, 0) is 113 Å². The average Bonchev–Trinajstić information content (AvgIpc) is 3.86. The molecule has 3 heterocycles. The molecule has 64 heavy (non-hydrogen) atoms. The summed E-state index contributed by atoms with van der Waals surface area (Å²) >= 11 is 0. The lowest BCUT2D eigenvalue weighted by molar-refractivity contribution is 0.488. The van der Waals surface area contributed by atoms with E-state index < -0.39 is 0 Å². The fraction of sp³-hybridized carbons (Fsp3) is 0. The van der Waals surface area contributed by atoms with Crippen LogP contribution in [0, 0.1) is 0 Å². The van der Waals surface area contributed by atoms with E-state index in [9.17, 15) is 0 Å².